The molecule has 0 aromatic heterocycles. The van der Waals surface area contributed by atoms with Crippen LogP contribution >= 0.6 is 15.9 Å². The number of rotatable bonds is 2. The molecular formula is C10H13BrO3. The molecule has 0 heterocycles. The summed E-state index contributed by atoms with van der Waals surface area (Å²) in [5.74, 6) is -0.778. The fourth-order valence-corrected chi connectivity index (χ4v) is 5.35. The summed E-state index contributed by atoms with van der Waals surface area (Å²) in [5.41, 5.74) is -1.64. The van der Waals surface area contributed by atoms with Crippen LogP contribution in [-0.2, 0) is 9.59 Å². The average molecular weight is 261 g/mol. The topological polar surface area (TPSA) is 54.4 Å². The highest BCUT2D eigenvalue weighted by Gasteiger charge is 2.82. The van der Waals surface area contributed by atoms with Gasteiger partial charge < -0.3 is 9.90 Å². The molecule has 0 spiro atoms. The molecule has 3 atom stereocenters. The van der Waals surface area contributed by atoms with Gasteiger partial charge in [0.25, 0.3) is 0 Å². The normalized spacial score (nSPS) is 48.4. The SMILES string of the molecule is CC1(C)[C@@]2(C=O)CC[C@@]1(C(=O)O)[C@@H]2Br. The van der Waals surface area contributed by atoms with E-state index in [9.17, 15) is 14.7 Å². The van der Waals surface area contributed by atoms with Gasteiger partial charge in [-0.2, -0.15) is 0 Å². The van der Waals surface area contributed by atoms with Crippen molar-refractivity contribution in [2.75, 3.05) is 0 Å². The number of hydrogen-bond acceptors (Lipinski definition) is 2. The van der Waals surface area contributed by atoms with Crippen LogP contribution < -0.4 is 0 Å². The number of carboxylic acid groups (broad SMARTS) is 1. The van der Waals surface area contributed by atoms with Crippen LogP contribution in [0, 0.1) is 16.2 Å². The van der Waals surface area contributed by atoms with Crippen molar-refractivity contribution in [1.29, 1.82) is 0 Å². The van der Waals surface area contributed by atoms with E-state index in [-0.39, 0.29) is 4.83 Å². The summed E-state index contributed by atoms with van der Waals surface area (Å²) in [6.07, 6.45) is 2.23. The van der Waals surface area contributed by atoms with Crippen molar-refractivity contribution >= 4 is 28.2 Å². The van der Waals surface area contributed by atoms with E-state index in [1.54, 1.807) is 0 Å². The minimum atomic E-state index is -0.778. The van der Waals surface area contributed by atoms with Gasteiger partial charge in [-0.25, -0.2) is 0 Å². The van der Waals surface area contributed by atoms with E-state index in [4.69, 9.17) is 0 Å². The summed E-state index contributed by atoms with van der Waals surface area (Å²) in [6.45, 7) is 3.78. The first-order chi connectivity index (χ1) is 6.37. The molecule has 4 heteroatoms. The minimum absolute atomic E-state index is 0.201. The molecule has 3 saturated carbocycles. The number of carboxylic acids is 1. The molecule has 2 bridgehead atoms. The lowest BCUT2D eigenvalue weighted by Crippen LogP contribution is -2.69. The van der Waals surface area contributed by atoms with Crippen molar-refractivity contribution in [3.05, 3.63) is 0 Å². The number of halogens is 1. The molecule has 0 amide bonds. The summed E-state index contributed by atoms with van der Waals surface area (Å²) >= 11 is 3.39. The van der Waals surface area contributed by atoms with Gasteiger partial charge in [-0.05, 0) is 18.3 Å². The van der Waals surface area contributed by atoms with Gasteiger partial charge in [0.05, 0.1) is 5.41 Å². The third-order valence-corrected chi connectivity index (χ3v) is 6.29. The van der Waals surface area contributed by atoms with E-state index in [0.717, 1.165) is 6.29 Å². The van der Waals surface area contributed by atoms with Gasteiger partial charge in [-0.1, -0.05) is 29.8 Å². The van der Waals surface area contributed by atoms with Crippen LogP contribution in [0.4, 0.5) is 0 Å². The minimum Gasteiger partial charge on any atom is -0.481 e. The summed E-state index contributed by atoms with van der Waals surface area (Å²) in [5, 5.41) is 9.28. The highest BCUT2D eigenvalue weighted by atomic mass is 79.9. The number of aliphatic carboxylic acids is 1. The summed E-state index contributed by atoms with van der Waals surface area (Å²) in [6, 6.07) is 0. The zero-order valence-corrected chi connectivity index (χ0v) is 9.80. The van der Waals surface area contributed by atoms with E-state index in [0.29, 0.717) is 12.8 Å². The largest absolute Gasteiger partial charge is 0.481 e. The van der Waals surface area contributed by atoms with Gasteiger partial charge in [0, 0.05) is 10.2 Å². The van der Waals surface area contributed by atoms with Crippen LogP contribution in [0.5, 0.6) is 0 Å². The van der Waals surface area contributed by atoms with Crippen LogP contribution in [0.25, 0.3) is 0 Å². The molecule has 3 fully saturated rings. The maximum absolute atomic E-state index is 11.3. The monoisotopic (exact) mass is 260 g/mol. The van der Waals surface area contributed by atoms with Crippen molar-refractivity contribution in [1.82, 2.24) is 0 Å². The van der Waals surface area contributed by atoms with Gasteiger partial charge >= 0.3 is 5.97 Å². The Bertz CT molecular complexity index is 325. The zero-order chi connectivity index (χ0) is 10.8. The van der Waals surface area contributed by atoms with Crippen molar-refractivity contribution in [3.63, 3.8) is 0 Å². The molecule has 78 valence electrons. The van der Waals surface area contributed by atoms with Crippen molar-refractivity contribution < 1.29 is 14.7 Å². The van der Waals surface area contributed by atoms with Crippen molar-refractivity contribution in [2.24, 2.45) is 16.2 Å². The lowest BCUT2D eigenvalue weighted by Gasteiger charge is -2.61. The number of carbonyl (C=O) groups is 2. The number of carbonyl (C=O) groups excluding carboxylic acids is 1. The molecule has 3 rings (SSSR count). The average Bonchev–Trinajstić information content (AvgIpc) is 2.53. The first kappa shape index (κ1) is 10.1. The van der Waals surface area contributed by atoms with Crippen LogP contribution in [-0.4, -0.2) is 22.2 Å². The van der Waals surface area contributed by atoms with Gasteiger partial charge in [0.2, 0.25) is 0 Å². The maximum Gasteiger partial charge on any atom is 0.311 e. The number of alkyl halides is 1. The van der Waals surface area contributed by atoms with Crippen LogP contribution in [0.3, 0.4) is 0 Å². The predicted molar refractivity (Wildman–Crippen MR) is 54.3 cm³/mol. The molecule has 0 saturated heterocycles. The molecule has 0 radical (unpaired) electrons. The Morgan fingerprint density at radius 3 is 2.29 bits per heavy atom. The summed E-state index contributed by atoms with van der Waals surface area (Å²) < 4.78 is 0. The third-order valence-electron chi connectivity index (χ3n) is 4.69. The molecule has 14 heavy (non-hydrogen) atoms. The highest BCUT2D eigenvalue weighted by Crippen LogP contribution is 2.79. The Morgan fingerprint density at radius 1 is 1.50 bits per heavy atom. The molecule has 0 aromatic carbocycles. The predicted octanol–water partition coefficient (Wildman–Crippen LogP) is 1.84. The number of fused-ring (bicyclic) bond motifs is 1. The fraction of sp³-hybridized carbons (Fsp3) is 0.800. The number of hydrogen-bond donors (Lipinski definition) is 1. The first-order valence-electron chi connectivity index (χ1n) is 4.70. The van der Waals surface area contributed by atoms with Crippen LogP contribution in [0.1, 0.15) is 26.7 Å². The summed E-state index contributed by atoms with van der Waals surface area (Å²) in [7, 11) is 0. The Hall–Kier alpha value is -0.380. The van der Waals surface area contributed by atoms with Crippen LogP contribution in [0.15, 0.2) is 0 Å². The lowest BCUT2D eigenvalue weighted by molar-refractivity contribution is -0.181. The fourth-order valence-electron chi connectivity index (χ4n) is 3.44. The summed E-state index contributed by atoms with van der Waals surface area (Å²) in [4.78, 5) is 22.2. The third kappa shape index (κ3) is 0.630. The van der Waals surface area contributed by atoms with E-state index in [2.05, 4.69) is 15.9 Å². The first-order valence-corrected chi connectivity index (χ1v) is 5.62. The van der Waals surface area contributed by atoms with Crippen molar-refractivity contribution in [3.8, 4) is 0 Å². The molecule has 3 nitrogen and oxygen atoms in total. The quantitative estimate of drug-likeness (QED) is 0.609. The molecule has 3 aliphatic carbocycles. The second-order valence-electron chi connectivity index (χ2n) is 4.92. The molecule has 3 aliphatic rings. The van der Waals surface area contributed by atoms with E-state index in [1.165, 1.54) is 0 Å². The molecular weight excluding hydrogens is 248 g/mol. The number of aldehydes is 1. The lowest BCUT2D eigenvalue weighted by atomic mass is 9.43. The molecule has 0 aromatic rings. The molecule has 1 N–H and O–H groups in total. The van der Waals surface area contributed by atoms with E-state index < -0.39 is 22.2 Å². The Kier molecular flexibility index (Phi) is 1.74. The van der Waals surface area contributed by atoms with Crippen molar-refractivity contribution in [2.45, 2.75) is 31.5 Å². The highest BCUT2D eigenvalue weighted by molar-refractivity contribution is 9.09. The van der Waals surface area contributed by atoms with Gasteiger partial charge in [-0.3, -0.25) is 4.79 Å². The van der Waals surface area contributed by atoms with Gasteiger partial charge in [-0.15, -0.1) is 0 Å². The Morgan fingerprint density at radius 2 is 2.07 bits per heavy atom. The Balaban J connectivity index is 2.53. The standard InChI is InChI=1S/C10H13BrO3/c1-8(2)9(5-12)3-4-10(8,6(9)11)7(13)14/h5-6H,3-4H2,1-2H3,(H,13,14)/t6-,9-,10+/m1/s1. The molecule has 0 unspecified atom stereocenters. The zero-order valence-electron chi connectivity index (χ0n) is 8.21. The maximum atomic E-state index is 11.3. The molecule has 0 aliphatic heterocycles. The van der Waals surface area contributed by atoms with E-state index >= 15 is 0 Å². The van der Waals surface area contributed by atoms with Crippen LogP contribution in [0.2, 0.25) is 0 Å². The smallest absolute Gasteiger partial charge is 0.311 e. The Labute approximate surface area is 91.0 Å². The second-order valence-corrected chi connectivity index (χ2v) is 5.84. The van der Waals surface area contributed by atoms with Gasteiger partial charge in [0.15, 0.2) is 0 Å². The second kappa shape index (κ2) is 2.40. The van der Waals surface area contributed by atoms with E-state index in [1.807, 2.05) is 13.8 Å². The van der Waals surface area contributed by atoms with Gasteiger partial charge in [0.1, 0.15) is 6.29 Å².